The van der Waals surface area contributed by atoms with Crippen molar-refractivity contribution in [3.8, 4) is 5.19 Å². The number of carbonyl (C=O) groups is 2. The maximum Gasteiger partial charge on any atom is 0.422 e. The zero-order valence-corrected chi connectivity index (χ0v) is 22.8. The van der Waals surface area contributed by atoms with Crippen LogP contribution in [0.3, 0.4) is 0 Å². The van der Waals surface area contributed by atoms with Crippen LogP contribution in [0.15, 0.2) is 18.2 Å². The highest BCUT2D eigenvalue weighted by molar-refractivity contribution is 7.13. The van der Waals surface area contributed by atoms with Gasteiger partial charge in [0, 0.05) is 62.1 Å². The largest absolute Gasteiger partial charge is 0.460 e. The zero-order chi connectivity index (χ0) is 27.8. The first-order valence-electron chi connectivity index (χ1n) is 13.5. The number of hydrogen-bond donors (Lipinski definition) is 0. The molecule has 39 heavy (non-hydrogen) atoms. The van der Waals surface area contributed by atoms with E-state index in [1.165, 1.54) is 11.3 Å². The van der Waals surface area contributed by atoms with Gasteiger partial charge in [-0.05, 0) is 56.1 Å². The van der Waals surface area contributed by atoms with Gasteiger partial charge in [-0.1, -0.05) is 23.5 Å². The Labute approximate surface area is 229 Å². The molecule has 5 rings (SSSR count). The Morgan fingerprint density at radius 3 is 2.69 bits per heavy atom. The SMILES string of the molecule is CN1Cc2c(C(=O)CC3CCC(F)(CCN4CCc5nc(OCC(F)(F)F)sc5CC4)CC3)cccc2C1=O. The van der Waals surface area contributed by atoms with E-state index in [9.17, 15) is 22.8 Å². The van der Waals surface area contributed by atoms with E-state index in [2.05, 4.69) is 9.88 Å². The minimum absolute atomic E-state index is 0.0314. The second-order valence-corrected chi connectivity index (χ2v) is 12.1. The summed E-state index contributed by atoms with van der Waals surface area (Å²) in [6.07, 6.45) is -0.126. The number of aromatic nitrogens is 1. The van der Waals surface area contributed by atoms with E-state index in [-0.39, 0.29) is 22.8 Å². The summed E-state index contributed by atoms with van der Waals surface area (Å²) in [6, 6.07) is 5.32. The van der Waals surface area contributed by atoms with Crippen molar-refractivity contribution in [3.63, 3.8) is 0 Å². The minimum atomic E-state index is -4.39. The van der Waals surface area contributed by atoms with Gasteiger partial charge < -0.3 is 14.5 Å². The summed E-state index contributed by atoms with van der Waals surface area (Å²) >= 11 is 1.17. The highest BCUT2D eigenvalue weighted by Gasteiger charge is 2.37. The van der Waals surface area contributed by atoms with Gasteiger partial charge in [-0.3, -0.25) is 9.59 Å². The van der Waals surface area contributed by atoms with E-state index in [1.807, 2.05) is 0 Å². The number of amides is 1. The van der Waals surface area contributed by atoms with Crippen LogP contribution in [-0.4, -0.2) is 71.6 Å². The Bertz CT molecular complexity index is 1200. The lowest BCUT2D eigenvalue weighted by molar-refractivity contribution is -0.153. The number of benzene rings is 1. The van der Waals surface area contributed by atoms with E-state index in [1.54, 1.807) is 30.1 Å². The molecule has 1 aromatic carbocycles. The third-order valence-electron chi connectivity index (χ3n) is 8.24. The Hall–Kier alpha value is -2.53. The monoisotopic (exact) mass is 567 g/mol. The van der Waals surface area contributed by atoms with Gasteiger partial charge in [-0.15, -0.1) is 0 Å². The molecule has 1 aromatic heterocycles. The van der Waals surface area contributed by atoms with Crippen LogP contribution in [0, 0.1) is 5.92 Å². The maximum absolute atomic E-state index is 15.7. The molecular formula is C28H33F4N3O3S. The van der Waals surface area contributed by atoms with Crippen molar-refractivity contribution in [1.29, 1.82) is 0 Å². The fourth-order valence-electron chi connectivity index (χ4n) is 5.93. The van der Waals surface area contributed by atoms with Gasteiger partial charge in [0.2, 0.25) is 0 Å². The van der Waals surface area contributed by atoms with Crippen LogP contribution in [0.25, 0.3) is 0 Å². The Balaban J connectivity index is 1.07. The number of alkyl halides is 4. The van der Waals surface area contributed by atoms with Crippen molar-refractivity contribution in [3.05, 3.63) is 45.5 Å². The third kappa shape index (κ3) is 6.62. The average molecular weight is 568 g/mol. The lowest BCUT2D eigenvalue weighted by Crippen LogP contribution is -2.36. The van der Waals surface area contributed by atoms with Gasteiger partial charge in [0.05, 0.1) is 5.69 Å². The van der Waals surface area contributed by atoms with Crippen LogP contribution in [0.2, 0.25) is 0 Å². The Morgan fingerprint density at radius 1 is 1.21 bits per heavy atom. The summed E-state index contributed by atoms with van der Waals surface area (Å²) in [5, 5.41) is 0.0567. The van der Waals surface area contributed by atoms with Gasteiger partial charge >= 0.3 is 6.18 Å². The summed E-state index contributed by atoms with van der Waals surface area (Å²) < 4.78 is 57.7. The maximum atomic E-state index is 15.7. The highest BCUT2D eigenvalue weighted by atomic mass is 32.1. The molecule has 3 aliphatic rings. The fraction of sp³-hybridized carbons (Fsp3) is 0.607. The van der Waals surface area contributed by atoms with Crippen LogP contribution in [0.1, 0.15) is 75.4 Å². The molecule has 1 aliphatic carbocycles. The summed E-state index contributed by atoms with van der Waals surface area (Å²) in [6.45, 7) is 1.11. The van der Waals surface area contributed by atoms with Gasteiger partial charge in [0.1, 0.15) is 5.67 Å². The summed E-state index contributed by atoms with van der Waals surface area (Å²) in [5.41, 5.74) is 1.55. The molecule has 1 fully saturated rings. The van der Waals surface area contributed by atoms with E-state index in [0.29, 0.717) is 88.7 Å². The van der Waals surface area contributed by atoms with Crippen LogP contribution in [0.4, 0.5) is 17.6 Å². The number of ether oxygens (including phenoxy) is 1. The number of fused-ring (bicyclic) bond motifs is 2. The van der Waals surface area contributed by atoms with E-state index in [0.717, 1.165) is 16.1 Å². The zero-order valence-electron chi connectivity index (χ0n) is 22.0. The molecule has 3 heterocycles. The number of rotatable bonds is 8. The molecule has 0 bridgehead atoms. The second-order valence-electron chi connectivity index (χ2n) is 11.1. The summed E-state index contributed by atoms with van der Waals surface area (Å²) in [5.74, 6) is 0.112. The molecule has 212 valence electrons. The molecule has 0 radical (unpaired) electrons. The molecule has 2 aromatic rings. The summed E-state index contributed by atoms with van der Waals surface area (Å²) in [4.78, 5) is 34.4. The van der Waals surface area contributed by atoms with Crippen LogP contribution in [-0.2, 0) is 19.4 Å². The smallest absolute Gasteiger partial charge is 0.422 e. The molecule has 1 amide bonds. The first-order chi connectivity index (χ1) is 18.5. The van der Waals surface area contributed by atoms with E-state index < -0.39 is 18.5 Å². The van der Waals surface area contributed by atoms with Crippen molar-refractivity contribution >= 4 is 23.0 Å². The number of ketones is 1. The second kappa shape index (κ2) is 11.2. The molecule has 6 nitrogen and oxygen atoms in total. The molecule has 2 aliphatic heterocycles. The Kier molecular flexibility index (Phi) is 8.01. The topological polar surface area (TPSA) is 62.7 Å². The highest BCUT2D eigenvalue weighted by Crippen LogP contribution is 2.40. The third-order valence-corrected chi connectivity index (χ3v) is 9.31. The van der Waals surface area contributed by atoms with Crippen LogP contribution >= 0.6 is 11.3 Å². The predicted octanol–water partition coefficient (Wildman–Crippen LogP) is 5.63. The van der Waals surface area contributed by atoms with E-state index in [4.69, 9.17) is 4.74 Å². The van der Waals surface area contributed by atoms with Crippen LogP contribution < -0.4 is 4.74 Å². The lowest BCUT2D eigenvalue weighted by Gasteiger charge is -2.35. The van der Waals surface area contributed by atoms with Crippen molar-refractivity contribution in [2.75, 3.05) is 33.3 Å². The number of halogens is 4. The number of nitrogens with zero attached hydrogens (tertiary/aromatic N) is 3. The number of hydrogen-bond acceptors (Lipinski definition) is 6. The summed E-state index contributed by atoms with van der Waals surface area (Å²) in [7, 11) is 1.73. The van der Waals surface area contributed by atoms with Gasteiger partial charge in [0.25, 0.3) is 11.1 Å². The first kappa shape index (κ1) is 28.0. The Morgan fingerprint density at radius 2 is 1.95 bits per heavy atom. The molecule has 0 atom stereocenters. The number of thiazole rings is 1. The molecule has 1 saturated carbocycles. The normalized spacial score (nSPS) is 23.9. The van der Waals surface area contributed by atoms with Crippen molar-refractivity contribution < 1.29 is 31.9 Å². The van der Waals surface area contributed by atoms with Gasteiger partial charge in [0.15, 0.2) is 12.4 Å². The molecular weight excluding hydrogens is 534 g/mol. The molecule has 0 saturated heterocycles. The first-order valence-corrected chi connectivity index (χ1v) is 14.3. The minimum Gasteiger partial charge on any atom is -0.460 e. The fourth-order valence-corrected chi connectivity index (χ4v) is 6.87. The van der Waals surface area contributed by atoms with Crippen molar-refractivity contribution in [1.82, 2.24) is 14.8 Å². The predicted molar refractivity (Wildman–Crippen MR) is 139 cm³/mol. The van der Waals surface area contributed by atoms with Gasteiger partial charge in [-0.25, -0.2) is 9.37 Å². The molecule has 0 N–H and O–H groups in total. The molecule has 11 heteroatoms. The molecule has 0 spiro atoms. The number of carbonyl (C=O) groups excluding carboxylic acids is 2. The van der Waals surface area contributed by atoms with Crippen molar-refractivity contribution in [2.45, 2.75) is 69.8 Å². The molecule has 0 unspecified atom stereocenters. The standard InChI is InChI=1S/C28H33F4N3O3S/c1-34-16-21-19(3-2-4-20(21)25(34)37)23(36)15-18-5-9-27(29,10-6-18)11-14-35-12-7-22-24(8-13-35)39-26(33-22)38-17-28(30,31)32/h2-4,18H,5-17H2,1H3. The van der Waals surface area contributed by atoms with Crippen LogP contribution in [0.5, 0.6) is 5.19 Å². The van der Waals surface area contributed by atoms with E-state index >= 15 is 4.39 Å². The number of Topliss-reactive ketones (excluding diaryl/α,β-unsaturated/α-hetero) is 1. The van der Waals surface area contributed by atoms with Gasteiger partial charge in [-0.2, -0.15) is 13.2 Å². The average Bonchev–Trinajstić information content (AvgIpc) is 3.36. The van der Waals surface area contributed by atoms with Crippen molar-refractivity contribution in [2.24, 2.45) is 5.92 Å². The quantitative estimate of drug-likeness (QED) is 0.306. The lowest BCUT2D eigenvalue weighted by atomic mass is 9.76.